The van der Waals surface area contributed by atoms with E-state index in [1.165, 1.54) is 45.2 Å². The van der Waals surface area contributed by atoms with Crippen LogP contribution in [0.2, 0.25) is 0 Å². The smallest absolute Gasteiger partial charge is 0.0199 e. The van der Waals surface area contributed by atoms with Crippen molar-refractivity contribution in [1.82, 2.24) is 4.90 Å². The lowest BCUT2D eigenvalue weighted by Crippen LogP contribution is -2.53. The third kappa shape index (κ3) is 1.22. The Morgan fingerprint density at radius 2 is 2.05 bits per heavy atom. The van der Waals surface area contributed by atoms with Crippen LogP contribution in [0.5, 0.6) is 0 Å². The minimum Gasteiger partial charge on any atom is -0.299 e. The van der Waals surface area contributed by atoms with E-state index in [9.17, 15) is 0 Å². The molecule has 1 heteroatoms. The van der Waals surface area contributed by atoms with E-state index in [0.29, 0.717) is 5.41 Å². The summed E-state index contributed by atoms with van der Waals surface area (Å²) < 4.78 is 0. The van der Waals surface area contributed by atoms with E-state index >= 15 is 0 Å². The molecule has 2 heterocycles. The maximum atomic E-state index is 2.89. The minimum absolute atomic E-state index is 0.469. The zero-order valence-corrected chi connectivity index (χ0v) is 13.9. The zero-order chi connectivity index (χ0) is 14.6. The van der Waals surface area contributed by atoms with Gasteiger partial charge in [-0.25, -0.2) is 0 Å². The van der Waals surface area contributed by atoms with Crippen LogP contribution in [-0.2, 0) is 11.8 Å². The Hall–Kier alpha value is -0.820. The summed E-state index contributed by atoms with van der Waals surface area (Å²) in [6.07, 6.45) is 7.15. The molecule has 0 spiro atoms. The monoisotopic (exact) mass is 293 g/mol. The first-order chi connectivity index (χ1) is 10.7. The Kier molecular flexibility index (Phi) is 2.18. The first-order valence-electron chi connectivity index (χ1n) is 9.58. The Bertz CT molecular complexity index is 677. The second kappa shape index (κ2) is 3.80. The van der Waals surface area contributed by atoms with Crippen LogP contribution >= 0.6 is 0 Å². The van der Waals surface area contributed by atoms with Gasteiger partial charge in [0.25, 0.3) is 0 Å². The summed E-state index contributed by atoms with van der Waals surface area (Å²) in [5.74, 6) is 3.50. The number of benzene rings is 1. The van der Waals surface area contributed by atoms with Gasteiger partial charge in [0, 0.05) is 24.5 Å². The number of nitrogens with zero attached hydrogens (tertiary/aromatic N) is 1. The molecule has 1 unspecified atom stereocenters. The summed E-state index contributed by atoms with van der Waals surface area (Å²) in [6.45, 7) is 7.90. The molecule has 2 fully saturated rings. The van der Waals surface area contributed by atoms with Gasteiger partial charge < -0.3 is 0 Å². The number of rotatable bonds is 0. The molecule has 5 aliphatic rings. The molecule has 0 amide bonds. The molecule has 22 heavy (non-hydrogen) atoms. The second-order valence-corrected chi connectivity index (χ2v) is 9.18. The molecule has 1 aromatic carbocycles. The molecule has 116 valence electrons. The molecule has 0 aromatic heterocycles. The van der Waals surface area contributed by atoms with Gasteiger partial charge in [0.2, 0.25) is 0 Å². The van der Waals surface area contributed by atoms with E-state index < -0.39 is 0 Å². The average Bonchev–Trinajstić information content (AvgIpc) is 3.00. The molecule has 6 rings (SSSR count). The van der Waals surface area contributed by atoms with Gasteiger partial charge in [0.05, 0.1) is 0 Å². The summed E-state index contributed by atoms with van der Waals surface area (Å²) in [5.41, 5.74) is 7.71. The highest BCUT2D eigenvalue weighted by atomic mass is 15.2. The van der Waals surface area contributed by atoms with Crippen LogP contribution in [0.15, 0.2) is 12.1 Å². The van der Waals surface area contributed by atoms with Crippen molar-refractivity contribution < 1.29 is 0 Å². The molecule has 2 bridgehead atoms. The van der Waals surface area contributed by atoms with E-state index in [-0.39, 0.29) is 0 Å². The van der Waals surface area contributed by atoms with Gasteiger partial charge in [0.15, 0.2) is 0 Å². The lowest BCUT2D eigenvalue weighted by molar-refractivity contribution is 0.0929. The molecular weight excluding hydrogens is 266 g/mol. The molecule has 0 N–H and O–H groups in total. The van der Waals surface area contributed by atoms with Crippen molar-refractivity contribution in [3.05, 3.63) is 34.4 Å². The van der Waals surface area contributed by atoms with Crippen molar-refractivity contribution in [2.24, 2.45) is 11.8 Å². The van der Waals surface area contributed by atoms with Crippen LogP contribution in [0.1, 0.15) is 73.6 Å². The first-order valence-corrected chi connectivity index (χ1v) is 9.58. The second-order valence-electron chi connectivity index (χ2n) is 9.18. The average molecular weight is 293 g/mol. The quantitative estimate of drug-likeness (QED) is 0.693. The summed E-state index contributed by atoms with van der Waals surface area (Å²) in [6, 6.07) is 5.93. The largest absolute Gasteiger partial charge is 0.299 e. The predicted molar refractivity (Wildman–Crippen MR) is 89.5 cm³/mol. The van der Waals surface area contributed by atoms with Gasteiger partial charge in [0.1, 0.15) is 0 Å². The zero-order valence-electron chi connectivity index (χ0n) is 13.9. The van der Waals surface area contributed by atoms with Gasteiger partial charge in [-0.05, 0) is 78.0 Å². The van der Waals surface area contributed by atoms with Crippen LogP contribution in [0.4, 0.5) is 0 Å². The van der Waals surface area contributed by atoms with E-state index in [4.69, 9.17) is 0 Å². The van der Waals surface area contributed by atoms with E-state index in [1.54, 1.807) is 11.1 Å². The molecule has 3 aliphatic carbocycles. The van der Waals surface area contributed by atoms with Crippen molar-refractivity contribution >= 4 is 0 Å². The molecule has 1 aromatic rings. The number of aryl methyl sites for hydroxylation is 1. The lowest BCUT2D eigenvalue weighted by Gasteiger charge is -2.52. The highest BCUT2D eigenvalue weighted by Gasteiger charge is 2.60. The van der Waals surface area contributed by atoms with E-state index in [1.807, 2.05) is 11.1 Å². The first kappa shape index (κ1) is 12.6. The molecular formula is C21H27N. The molecule has 2 aliphatic heterocycles. The molecule has 0 radical (unpaired) electrons. The fraction of sp³-hybridized carbons (Fsp3) is 0.714. The van der Waals surface area contributed by atoms with Gasteiger partial charge >= 0.3 is 0 Å². The van der Waals surface area contributed by atoms with Crippen LogP contribution in [0, 0.1) is 11.8 Å². The summed E-state index contributed by atoms with van der Waals surface area (Å²) in [7, 11) is 0. The minimum atomic E-state index is 0.469. The van der Waals surface area contributed by atoms with Gasteiger partial charge in [-0.1, -0.05) is 26.0 Å². The van der Waals surface area contributed by atoms with Crippen LogP contribution in [0.3, 0.4) is 0 Å². The molecule has 1 nitrogen and oxygen atoms in total. The maximum absolute atomic E-state index is 2.89. The summed E-state index contributed by atoms with van der Waals surface area (Å²) in [5, 5.41) is 0. The van der Waals surface area contributed by atoms with Gasteiger partial charge in [-0.15, -0.1) is 0 Å². The highest BCUT2D eigenvalue weighted by Crippen LogP contribution is 2.63. The van der Waals surface area contributed by atoms with Crippen molar-refractivity contribution in [1.29, 1.82) is 0 Å². The van der Waals surface area contributed by atoms with E-state index in [0.717, 1.165) is 29.7 Å². The number of piperidine rings is 1. The summed E-state index contributed by atoms with van der Waals surface area (Å²) in [4.78, 5) is 2.89. The molecule has 0 saturated carbocycles. The van der Waals surface area contributed by atoms with Gasteiger partial charge in [-0.3, -0.25) is 4.90 Å². The standard InChI is InChI=1S/C21H27N/c1-12-10-22-11-15-7-5-13-3-4-14-6-8-16-17(12)9-18(22)21(15,2)20(16)19(13)14/h6,8,12-13,15,17-18H,3-5,7,9-11H2,1-2H3/t12-,13-,15-,17?,18-,21-/m1/s1. The third-order valence-corrected chi connectivity index (χ3v) is 8.46. The summed E-state index contributed by atoms with van der Waals surface area (Å²) >= 11 is 0. The van der Waals surface area contributed by atoms with E-state index in [2.05, 4.69) is 30.9 Å². The Morgan fingerprint density at radius 3 is 2.95 bits per heavy atom. The number of hydrogen-bond donors (Lipinski definition) is 0. The number of hydrogen-bond acceptors (Lipinski definition) is 1. The fourth-order valence-corrected chi connectivity index (χ4v) is 7.45. The molecule has 6 atom stereocenters. The molecule has 2 saturated heterocycles. The normalized spacial score (nSPS) is 47.6. The van der Waals surface area contributed by atoms with Crippen molar-refractivity contribution in [2.75, 3.05) is 13.1 Å². The Balaban J connectivity index is 1.73. The third-order valence-electron chi connectivity index (χ3n) is 8.46. The maximum Gasteiger partial charge on any atom is 0.0199 e. The van der Waals surface area contributed by atoms with Crippen molar-refractivity contribution in [3.8, 4) is 0 Å². The SMILES string of the molecule is C[C@@H]1CN2C[C@H]3CC[C@H]4CCc5ccc6c(c54)[C@@]3(C)[C@H]2CC61. The van der Waals surface area contributed by atoms with Crippen molar-refractivity contribution in [2.45, 2.75) is 69.2 Å². The van der Waals surface area contributed by atoms with Crippen LogP contribution in [0.25, 0.3) is 0 Å². The van der Waals surface area contributed by atoms with Crippen molar-refractivity contribution in [3.63, 3.8) is 0 Å². The van der Waals surface area contributed by atoms with Crippen LogP contribution in [-0.4, -0.2) is 24.0 Å². The van der Waals surface area contributed by atoms with Crippen LogP contribution < -0.4 is 0 Å². The lowest BCUT2D eigenvalue weighted by atomic mass is 9.57. The predicted octanol–water partition coefficient (Wildman–Crippen LogP) is 4.21. The fourth-order valence-electron chi connectivity index (χ4n) is 7.45. The Morgan fingerprint density at radius 1 is 1.14 bits per heavy atom. The number of fused-ring (bicyclic) bond motifs is 2. The topological polar surface area (TPSA) is 3.24 Å². The highest BCUT2D eigenvalue weighted by molar-refractivity contribution is 5.56. The Labute approximate surface area is 134 Å². The van der Waals surface area contributed by atoms with Gasteiger partial charge in [-0.2, -0.15) is 0 Å².